The molecule has 0 bridgehead atoms. The van der Waals surface area contributed by atoms with Gasteiger partial charge in [0.1, 0.15) is 11.4 Å². The summed E-state index contributed by atoms with van der Waals surface area (Å²) in [6.45, 7) is 0.706. The van der Waals surface area contributed by atoms with Gasteiger partial charge < -0.3 is 15.4 Å². The summed E-state index contributed by atoms with van der Waals surface area (Å²) < 4.78 is 0. The van der Waals surface area contributed by atoms with E-state index in [4.69, 9.17) is 5.84 Å². The van der Waals surface area contributed by atoms with Gasteiger partial charge >= 0.3 is 5.69 Å². The van der Waals surface area contributed by atoms with E-state index in [0.717, 1.165) is 25.7 Å². The van der Waals surface area contributed by atoms with E-state index in [9.17, 15) is 15.2 Å². The number of nitrogen functional groups attached to an aromatic ring is 1. The number of aliphatic hydroxyl groups excluding tert-OH is 1. The molecule has 7 nitrogen and oxygen atoms in total. The third-order valence-electron chi connectivity index (χ3n) is 3.75. The van der Waals surface area contributed by atoms with Crippen molar-refractivity contribution in [3.05, 3.63) is 28.3 Å². The quantitative estimate of drug-likeness (QED) is 0.440. The van der Waals surface area contributed by atoms with E-state index in [1.165, 1.54) is 0 Å². The van der Waals surface area contributed by atoms with Crippen LogP contribution in [0.2, 0.25) is 0 Å². The van der Waals surface area contributed by atoms with Gasteiger partial charge in [-0.15, -0.1) is 0 Å². The third-order valence-corrected chi connectivity index (χ3v) is 3.75. The Morgan fingerprint density at radius 3 is 2.90 bits per heavy atom. The highest BCUT2D eigenvalue weighted by molar-refractivity contribution is 5.77. The maximum absolute atomic E-state index is 11.3. The molecular formula is C13H20N4O3. The minimum absolute atomic E-state index is 0.00254. The van der Waals surface area contributed by atoms with E-state index >= 15 is 0 Å². The van der Waals surface area contributed by atoms with Gasteiger partial charge in [0.05, 0.1) is 17.6 Å². The summed E-state index contributed by atoms with van der Waals surface area (Å²) in [5, 5.41) is 20.9. The Morgan fingerprint density at radius 1 is 1.45 bits per heavy atom. The maximum Gasteiger partial charge on any atom is 0.316 e. The molecule has 0 radical (unpaired) electrons. The molecule has 0 spiro atoms. The smallest absolute Gasteiger partial charge is 0.316 e. The van der Waals surface area contributed by atoms with Crippen molar-refractivity contribution in [2.75, 3.05) is 23.5 Å². The number of hydrazine groups is 1. The number of benzene rings is 1. The number of nitrogens with one attached hydrogen (secondary N) is 1. The zero-order valence-electron chi connectivity index (χ0n) is 11.3. The van der Waals surface area contributed by atoms with Gasteiger partial charge in [-0.25, -0.2) is 0 Å². The maximum atomic E-state index is 11.3. The van der Waals surface area contributed by atoms with Crippen molar-refractivity contribution >= 4 is 17.1 Å². The number of nitro benzene ring substituents is 1. The molecular weight excluding hydrogens is 260 g/mol. The third kappa shape index (κ3) is 2.83. The van der Waals surface area contributed by atoms with Crippen molar-refractivity contribution in [1.82, 2.24) is 0 Å². The Balaban J connectivity index is 2.46. The van der Waals surface area contributed by atoms with Gasteiger partial charge in [0.25, 0.3) is 0 Å². The van der Waals surface area contributed by atoms with E-state index < -0.39 is 4.92 Å². The molecule has 1 atom stereocenters. The summed E-state index contributed by atoms with van der Waals surface area (Å²) >= 11 is 0. The first-order valence-electron chi connectivity index (χ1n) is 6.80. The highest BCUT2D eigenvalue weighted by Gasteiger charge is 2.28. The highest BCUT2D eigenvalue weighted by atomic mass is 16.6. The molecule has 1 aliphatic rings. The summed E-state index contributed by atoms with van der Waals surface area (Å²) in [6.07, 6.45) is 3.92. The van der Waals surface area contributed by atoms with Crippen LogP contribution in [0.25, 0.3) is 0 Å². The second-order valence-corrected chi connectivity index (χ2v) is 4.95. The average molecular weight is 280 g/mol. The Hall–Kier alpha value is -1.86. The van der Waals surface area contributed by atoms with Crippen molar-refractivity contribution in [3.63, 3.8) is 0 Å². The molecule has 1 aromatic rings. The molecule has 1 saturated heterocycles. The molecule has 1 unspecified atom stereocenters. The van der Waals surface area contributed by atoms with Crippen molar-refractivity contribution < 1.29 is 10.0 Å². The Kier molecular flexibility index (Phi) is 4.75. The molecule has 0 aromatic heterocycles. The molecule has 7 heteroatoms. The number of para-hydroxylation sites is 1. The number of rotatable bonds is 4. The van der Waals surface area contributed by atoms with Crippen LogP contribution in [0.15, 0.2) is 18.2 Å². The lowest BCUT2D eigenvalue weighted by Crippen LogP contribution is -2.38. The Bertz CT molecular complexity index is 481. The van der Waals surface area contributed by atoms with Crippen LogP contribution >= 0.6 is 0 Å². The number of aliphatic hydroxyl groups is 1. The van der Waals surface area contributed by atoms with E-state index in [2.05, 4.69) is 5.43 Å². The second kappa shape index (κ2) is 6.53. The molecule has 1 aliphatic heterocycles. The molecule has 0 amide bonds. The molecule has 110 valence electrons. The summed E-state index contributed by atoms with van der Waals surface area (Å²) in [5.74, 6) is 5.36. The molecule has 1 fully saturated rings. The van der Waals surface area contributed by atoms with Crippen LogP contribution in [-0.4, -0.2) is 29.2 Å². The minimum atomic E-state index is -0.427. The molecule has 1 heterocycles. The number of nitro groups is 1. The molecule has 1 aromatic carbocycles. The zero-order chi connectivity index (χ0) is 14.5. The standard InChI is InChI=1S/C13H20N4O3/c14-15-11-6-4-7-12(13(11)17(19)20)16-8-3-1-2-5-10(16)9-18/h4,6-7,10,15,18H,1-3,5,8-9,14H2. The first-order valence-corrected chi connectivity index (χ1v) is 6.80. The second-order valence-electron chi connectivity index (χ2n) is 4.95. The normalized spacial score (nSPS) is 19.5. The summed E-state index contributed by atoms with van der Waals surface area (Å²) in [4.78, 5) is 12.9. The van der Waals surface area contributed by atoms with Crippen molar-refractivity contribution in [3.8, 4) is 0 Å². The van der Waals surface area contributed by atoms with E-state index in [-0.39, 0.29) is 24.0 Å². The van der Waals surface area contributed by atoms with Gasteiger partial charge in [-0.05, 0) is 25.0 Å². The summed E-state index contributed by atoms with van der Waals surface area (Å²) in [7, 11) is 0. The van der Waals surface area contributed by atoms with Gasteiger partial charge in [0.15, 0.2) is 0 Å². The number of nitrogens with zero attached hydrogens (tertiary/aromatic N) is 2. The Morgan fingerprint density at radius 2 is 2.25 bits per heavy atom. The van der Waals surface area contributed by atoms with Crippen LogP contribution in [-0.2, 0) is 0 Å². The lowest BCUT2D eigenvalue weighted by Gasteiger charge is -2.30. The SMILES string of the molecule is NNc1cccc(N2CCCCCC2CO)c1[N+](=O)[O-]. The van der Waals surface area contributed by atoms with Crippen LogP contribution in [0, 0.1) is 10.1 Å². The lowest BCUT2D eigenvalue weighted by atomic mass is 10.1. The van der Waals surface area contributed by atoms with Gasteiger partial charge in [-0.2, -0.15) is 0 Å². The number of hydrogen-bond donors (Lipinski definition) is 3. The monoisotopic (exact) mass is 280 g/mol. The largest absolute Gasteiger partial charge is 0.394 e. The van der Waals surface area contributed by atoms with E-state index in [1.54, 1.807) is 18.2 Å². The fraction of sp³-hybridized carbons (Fsp3) is 0.538. The topological polar surface area (TPSA) is 105 Å². The lowest BCUT2D eigenvalue weighted by molar-refractivity contribution is -0.383. The summed E-state index contributed by atoms with van der Waals surface area (Å²) in [5.41, 5.74) is 3.15. The number of anilines is 2. The molecule has 20 heavy (non-hydrogen) atoms. The van der Waals surface area contributed by atoms with Gasteiger partial charge in [-0.3, -0.25) is 16.0 Å². The molecule has 0 saturated carbocycles. The van der Waals surface area contributed by atoms with Crippen LogP contribution in [0.3, 0.4) is 0 Å². The first-order chi connectivity index (χ1) is 9.69. The fourth-order valence-corrected chi connectivity index (χ4v) is 2.76. The van der Waals surface area contributed by atoms with Crippen LogP contribution in [0.1, 0.15) is 25.7 Å². The first kappa shape index (κ1) is 14.5. The van der Waals surface area contributed by atoms with Crippen molar-refractivity contribution in [1.29, 1.82) is 0 Å². The fourth-order valence-electron chi connectivity index (χ4n) is 2.76. The average Bonchev–Trinajstić information content (AvgIpc) is 2.71. The van der Waals surface area contributed by atoms with Gasteiger partial charge in [0, 0.05) is 6.54 Å². The van der Waals surface area contributed by atoms with Crippen molar-refractivity contribution in [2.45, 2.75) is 31.7 Å². The molecule has 4 N–H and O–H groups in total. The van der Waals surface area contributed by atoms with E-state index in [1.807, 2.05) is 4.90 Å². The summed E-state index contributed by atoms with van der Waals surface area (Å²) in [6, 6.07) is 4.95. The van der Waals surface area contributed by atoms with Crippen LogP contribution < -0.4 is 16.2 Å². The number of hydrogen-bond acceptors (Lipinski definition) is 6. The predicted octanol–water partition coefficient (Wildman–Crippen LogP) is 1.62. The molecule has 0 aliphatic carbocycles. The predicted molar refractivity (Wildman–Crippen MR) is 77.6 cm³/mol. The molecule has 2 rings (SSSR count). The number of nitrogens with two attached hydrogens (primary N) is 1. The highest BCUT2D eigenvalue weighted by Crippen LogP contribution is 2.37. The Labute approximate surface area is 117 Å². The minimum Gasteiger partial charge on any atom is -0.394 e. The van der Waals surface area contributed by atoms with Crippen LogP contribution in [0.4, 0.5) is 17.1 Å². The van der Waals surface area contributed by atoms with Gasteiger partial charge in [0.2, 0.25) is 0 Å². The van der Waals surface area contributed by atoms with E-state index in [0.29, 0.717) is 12.2 Å². The zero-order valence-corrected chi connectivity index (χ0v) is 11.3. The van der Waals surface area contributed by atoms with Crippen molar-refractivity contribution in [2.24, 2.45) is 5.84 Å². The van der Waals surface area contributed by atoms with Crippen LogP contribution in [0.5, 0.6) is 0 Å². The van der Waals surface area contributed by atoms with Gasteiger partial charge in [-0.1, -0.05) is 18.9 Å².